The molecule has 1 fully saturated rings. The number of halogens is 2. The van der Waals surface area contributed by atoms with Crippen molar-refractivity contribution in [3.05, 3.63) is 0 Å². The summed E-state index contributed by atoms with van der Waals surface area (Å²) in [4.78, 5) is 0. The molecular formula is C8H14ClFO. The molecule has 0 heterocycles. The largest absolute Gasteiger partial charge is 0.392 e. The Labute approximate surface area is 71.6 Å². The average molecular weight is 181 g/mol. The van der Waals surface area contributed by atoms with Gasteiger partial charge in [0.05, 0.1) is 6.61 Å². The molecule has 1 rings (SSSR count). The van der Waals surface area contributed by atoms with Crippen molar-refractivity contribution in [1.82, 2.24) is 0 Å². The first kappa shape index (κ1) is 9.27. The van der Waals surface area contributed by atoms with Crippen molar-refractivity contribution >= 4 is 11.6 Å². The van der Waals surface area contributed by atoms with E-state index in [4.69, 9.17) is 16.7 Å². The van der Waals surface area contributed by atoms with Crippen LogP contribution < -0.4 is 0 Å². The van der Waals surface area contributed by atoms with Crippen molar-refractivity contribution in [2.75, 3.05) is 6.61 Å². The fourth-order valence-electron chi connectivity index (χ4n) is 1.65. The van der Waals surface area contributed by atoms with Gasteiger partial charge in [-0.05, 0) is 12.8 Å². The predicted octanol–water partition coefficient (Wildman–Crippen LogP) is 2.46. The van der Waals surface area contributed by atoms with Gasteiger partial charge in [-0.1, -0.05) is 30.9 Å². The van der Waals surface area contributed by atoms with Gasteiger partial charge in [0.1, 0.15) is 0 Å². The minimum atomic E-state index is -1.86. The van der Waals surface area contributed by atoms with Crippen molar-refractivity contribution in [3.8, 4) is 0 Å². The second-order valence-corrected chi connectivity index (χ2v) is 3.88. The predicted molar refractivity (Wildman–Crippen MR) is 43.4 cm³/mol. The smallest absolute Gasteiger partial charge is 0.209 e. The van der Waals surface area contributed by atoms with Crippen LogP contribution >= 0.6 is 11.6 Å². The summed E-state index contributed by atoms with van der Waals surface area (Å²) >= 11 is 5.48. The Morgan fingerprint density at radius 1 is 1.36 bits per heavy atom. The third-order valence-electron chi connectivity index (χ3n) is 2.41. The summed E-state index contributed by atoms with van der Waals surface area (Å²) in [5.74, 6) is -0.136. The van der Waals surface area contributed by atoms with E-state index in [9.17, 15) is 4.39 Å². The van der Waals surface area contributed by atoms with E-state index in [-0.39, 0.29) is 5.92 Å². The maximum absolute atomic E-state index is 13.2. The zero-order valence-corrected chi connectivity index (χ0v) is 7.28. The maximum atomic E-state index is 13.2. The first-order chi connectivity index (χ1) is 5.17. The molecule has 3 heteroatoms. The molecule has 0 bridgehead atoms. The van der Waals surface area contributed by atoms with Crippen LogP contribution in [0.15, 0.2) is 0 Å². The molecule has 1 saturated carbocycles. The molecule has 1 aliphatic carbocycles. The van der Waals surface area contributed by atoms with Crippen molar-refractivity contribution in [3.63, 3.8) is 0 Å². The van der Waals surface area contributed by atoms with Gasteiger partial charge in [0.15, 0.2) is 0 Å². The molecule has 0 aromatic heterocycles. The summed E-state index contributed by atoms with van der Waals surface area (Å²) < 4.78 is 13.2. The highest BCUT2D eigenvalue weighted by Gasteiger charge is 2.36. The Hall–Kier alpha value is 0.180. The van der Waals surface area contributed by atoms with Crippen LogP contribution in [0.2, 0.25) is 0 Å². The summed E-state index contributed by atoms with van der Waals surface area (Å²) in [6.07, 6.45) is 4.90. The molecule has 1 N–H and O–H groups in total. The SMILES string of the molecule is OC[C@](F)(Cl)C1CCCCC1. The Bertz CT molecular complexity index is 121. The summed E-state index contributed by atoms with van der Waals surface area (Å²) in [6.45, 7) is -0.556. The van der Waals surface area contributed by atoms with Crippen molar-refractivity contribution in [2.45, 2.75) is 37.2 Å². The van der Waals surface area contributed by atoms with Crippen molar-refractivity contribution in [1.29, 1.82) is 0 Å². The van der Waals surface area contributed by atoms with E-state index >= 15 is 0 Å². The van der Waals surface area contributed by atoms with Gasteiger partial charge in [-0.25, -0.2) is 4.39 Å². The van der Waals surface area contributed by atoms with E-state index in [1.807, 2.05) is 0 Å². The third kappa shape index (κ3) is 2.31. The molecule has 0 spiro atoms. The lowest BCUT2D eigenvalue weighted by Gasteiger charge is -2.29. The van der Waals surface area contributed by atoms with Crippen LogP contribution in [0.3, 0.4) is 0 Å². The highest BCUT2D eigenvalue weighted by molar-refractivity contribution is 6.23. The maximum Gasteiger partial charge on any atom is 0.209 e. The van der Waals surface area contributed by atoms with Gasteiger partial charge in [0.2, 0.25) is 5.13 Å². The number of hydrogen-bond donors (Lipinski definition) is 1. The van der Waals surface area contributed by atoms with Crippen LogP contribution in [-0.4, -0.2) is 16.8 Å². The van der Waals surface area contributed by atoms with Gasteiger partial charge < -0.3 is 5.11 Å². The summed E-state index contributed by atoms with van der Waals surface area (Å²) in [7, 11) is 0. The normalized spacial score (nSPS) is 26.5. The Balaban J connectivity index is 2.43. The zero-order chi connectivity index (χ0) is 8.32. The lowest BCUT2D eigenvalue weighted by molar-refractivity contribution is 0.0695. The van der Waals surface area contributed by atoms with Crippen LogP contribution in [0, 0.1) is 5.92 Å². The highest BCUT2D eigenvalue weighted by atomic mass is 35.5. The lowest BCUT2D eigenvalue weighted by atomic mass is 9.86. The Morgan fingerprint density at radius 3 is 2.36 bits per heavy atom. The lowest BCUT2D eigenvalue weighted by Crippen LogP contribution is -2.32. The van der Waals surface area contributed by atoms with Gasteiger partial charge in [-0.2, -0.15) is 0 Å². The average Bonchev–Trinajstić information content (AvgIpc) is 2.06. The van der Waals surface area contributed by atoms with Crippen LogP contribution in [0.25, 0.3) is 0 Å². The van der Waals surface area contributed by atoms with E-state index in [0.29, 0.717) is 0 Å². The van der Waals surface area contributed by atoms with Gasteiger partial charge in [-0.15, -0.1) is 0 Å². The Morgan fingerprint density at radius 2 is 1.91 bits per heavy atom. The molecule has 11 heavy (non-hydrogen) atoms. The number of alkyl halides is 2. The monoisotopic (exact) mass is 180 g/mol. The molecule has 0 saturated heterocycles. The molecule has 0 unspecified atom stereocenters. The summed E-state index contributed by atoms with van der Waals surface area (Å²) in [6, 6.07) is 0. The highest BCUT2D eigenvalue weighted by Crippen LogP contribution is 2.37. The molecule has 1 aliphatic rings. The number of aliphatic hydroxyl groups excluding tert-OH is 1. The molecule has 1 atom stereocenters. The van der Waals surface area contributed by atoms with E-state index in [1.165, 1.54) is 6.42 Å². The number of aliphatic hydroxyl groups is 1. The minimum absolute atomic E-state index is 0.136. The molecule has 0 amide bonds. The van der Waals surface area contributed by atoms with Crippen LogP contribution in [0.1, 0.15) is 32.1 Å². The molecule has 0 aromatic carbocycles. The standard InChI is InChI=1S/C8H14ClFO/c9-8(10,6-11)7-4-2-1-3-5-7/h7,11H,1-6H2/t8-/m1/s1. The van der Waals surface area contributed by atoms with E-state index in [1.54, 1.807) is 0 Å². The van der Waals surface area contributed by atoms with Gasteiger partial charge >= 0.3 is 0 Å². The zero-order valence-electron chi connectivity index (χ0n) is 6.52. The first-order valence-electron chi connectivity index (χ1n) is 4.15. The molecule has 0 aliphatic heterocycles. The van der Waals surface area contributed by atoms with Crippen LogP contribution in [-0.2, 0) is 0 Å². The minimum Gasteiger partial charge on any atom is -0.392 e. The topological polar surface area (TPSA) is 20.2 Å². The fraction of sp³-hybridized carbons (Fsp3) is 1.00. The van der Waals surface area contributed by atoms with Crippen molar-refractivity contribution < 1.29 is 9.50 Å². The van der Waals surface area contributed by atoms with Gasteiger partial charge in [-0.3, -0.25) is 0 Å². The summed E-state index contributed by atoms with van der Waals surface area (Å²) in [5, 5.41) is 6.78. The Kier molecular flexibility index (Phi) is 3.14. The van der Waals surface area contributed by atoms with E-state index < -0.39 is 11.7 Å². The number of hydrogen-bond acceptors (Lipinski definition) is 1. The molecular weight excluding hydrogens is 167 g/mol. The molecule has 66 valence electrons. The van der Waals surface area contributed by atoms with E-state index in [0.717, 1.165) is 25.7 Å². The van der Waals surface area contributed by atoms with Crippen LogP contribution in [0.5, 0.6) is 0 Å². The molecule has 1 nitrogen and oxygen atoms in total. The van der Waals surface area contributed by atoms with E-state index in [2.05, 4.69) is 0 Å². The second-order valence-electron chi connectivity index (χ2n) is 3.25. The summed E-state index contributed by atoms with van der Waals surface area (Å²) in [5.41, 5.74) is 0. The van der Waals surface area contributed by atoms with Gasteiger partial charge in [0, 0.05) is 5.92 Å². The second kappa shape index (κ2) is 3.72. The first-order valence-corrected chi connectivity index (χ1v) is 4.53. The van der Waals surface area contributed by atoms with Crippen LogP contribution in [0.4, 0.5) is 4.39 Å². The quantitative estimate of drug-likeness (QED) is 0.648. The third-order valence-corrected chi connectivity index (χ3v) is 2.84. The fourth-order valence-corrected chi connectivity index (χ4v) is 1.87. The van der Waals surface area contributed by atoms with Gasteiger partial charge in [0.25, 0.3) is 0 Å². The van der Waals surface area contributed by atoms with Crippen molar-refractivity contribution in [2.24, 2.45) is 5.92 Å². The molecule has 0 aromatic rings. The molecule has 0 radical (unpaired) electrons. The number of rotatable bonds is 2.